The maximum atomic E-state index is 12.7. The van der Waals surface area contributed by atoms with Crippen LogP contribution in [0.2, 0.25) is 0 Å². The van der Waals surface area contributed by atoms with E-state index in [-0.39, 0.29) is 18.3 Å². The Morgan fingerprint density at radius 2 is 1.74 bits per heavy atom. The van der Waals surface area contributed by atoms with Crippen LogP contribution in [0.25, 0.3) is 0 Å². The van der Waals surface area contributed by atoms with Crippen molar-refractivity contribution in [3.63, 3.8) is 0 Å². The Morgan fingerprint density at radius 3 is 2.16 bits per heavy atom. The van der Waals surface area contributed by atoms with E-state index in [1.807, 2.05) is 0 Å². The molecule has 1 N–H and O–H groups in total. The highest BCUT2D eigenvalue weighted by molar-refractivity contribution is 5.85. The van der Waals surface area contributed by atoms with E-state index in [9.17, 15) is 4.79 Å². The number of nitrogens with one attached hydrogen (secondary N) is 1. The van der Waals surface area contributed by atoms with Gasteiger partial charge in [0, 0.05) is 18.5 Å². The van der Waals surface area contributed by atoms with Crippen molar-refractivity contribution in [2.45, 2.75) is 59.4 Å². The Balaban J connectivity index is 0.00000324. The average Bonchev–Trinajstić information content (AvgIpc) is 2.38. The molecule has 0 bridgehead atoms. The number of hydrogen-bond acceptors (Lipinski definition) is 2. The highest BCUT2D eigenvalue weighted by atomic mass is 35.5. The number of carbonyl (C=O) groups excluding carboxylic acids is 1. The van der Waals surface area contributed by atoms with Crippen molar-refractivity contribution in [1.82, 2.24) is 10.2 Å². The maximum absolute atomic E-state index is 12.7. The first-order valence-corrected chi connectivity index (χ1v) is 7.61. The normalized spacial score (nSPS) is 16.5. The van der Waals surface area contributed by atoms with Gasteiger partial charge in [-0.25, -0.2) is 0 Å². The van der Waals surface area contributed by atoms with Crippen LogP contribution in [0.4, 0.5) is 0 Å². The second-order valence-electron chi connectivity index (χ2n) is 5.88. The first-order chi connectivity index (χ1) is 8.60. The van der Waals surface area contributed by atoms with Crippen molar-refractivity contribution in [2.75, 3.05) is 19.6 Å². The lowest BCUT2D eigenvalue weighted by molar-refractivity contribution is -0.139. The van der Waals surface area contributed by atoms with Crippen molar-refractivity contribution < 1.29 is 4.79 Å². The largest absolute Gasteiger partial charge is 0.339 e. The lowest BCUT2D eigenvalue weighted by Crippen LogP contribution is -2.47. The van der Waals surface area contributed by atoms with E-state index in [1.165, 1.54) is 0 Å². The van der Waals surface area contributed by atoms with Gasteiger partial charge in [-0.1, -0.05) is 27.7 Å². The highest BCUT2D eigenvalue weighted by Crippen LogP contribution is 2.20. The quantitative estimate of drug-likeness (QED) is 0.815. The van der Waals surface area contributed by atoms with E-state index in [0.29, 0.717) is 17.9 Å². The molecule has 19 heavy (non-hydrogen) atoms. The number of piperidine rings is 1. The summed E-state index contributed by atoms with van der Waals surface area (Å²) in [5.74, 6) is 1.21. The minimum atomic E-state index is 0. The number of nitrogens with zero attached hydrogens (tertiary/aromatic N) is 1. The fraction of sp³-hybridized carbons (Fsp3) is 0.933. The second-order valence-corrected chi connectivity index (χ2v) is 5.88. The minimum absolute atomic E-state index is 0. The molecular formula is C15H31ClN2O. The summed E-state index contributed by atoms with van der Waals surface area (Å²) >= 11 is 0. The van der Waals surface area contributed by atoms with E-state index in [4.69, 9.17) is 0 Å². The van der Waals surface area contributed by atoms with E-state index in [1.54, 1.807) is 0 Å². The van der Waals surface area contributed by atoms with Crippen molar-refractivity contribution in [3.05, 3.63) is 0 Å². The summed E-state index contributed by atoms with van der Waals surface area (Å²) in [6.07, 6.45) is 4.15. The van der Waals surface area contributed by atoms with Crippen LogP contribution in [0.5, 0.6) is 0 Å². The Hall–Kier alpha value is -0.280. The smallest absolute Gasteiger partial charge is 0.226 e. The van der Waals surface area contributed by atoms with Gasteiger partial charge in [0.1, 0.15) is 0 Å². The molecule has 114 valence electrons. The first kappa shape index (κ1) is 18.7. The Morgan fingerprint density at radius 1 is 1.21 bits per heavy atom. The van der Waals surface area contributed by atoms with Crippen LogP contribution < -0.4 is 5.32 Å². The molecule has 0 spiro atoms. The highest BCUT2D eigenvalue weighted by Gasteiger charge is 2.29. The monoisotopic (exact) mass is 290 g/mol. The molecular weight excluding hydrogens is 260 g/mol. The van der Waals surface area contributed by atoms with Gasteiger partial charge in [-0.15, -0.1) is 12.4 Å². The van der Waals surface area contributed by atoms with Crippen molar-refractivity contribution >= 4 is 18.3 Å². The van der Waals surface area contributed by atoms with Gasteiger partial charge in [0.05, 0.1) is 0 Å². The Bertz CT molecular complexity index is 249. The molecule has 0 aromatic heterocycles. The molecule has 0 saturated carbocycles. The summed E-state index contributed by atoms with van der Waals surface area (Å²) in [6.45, 7) is 11.7. The van der Waals surface area contributed by atoms with Crippen LogP contribution in [-0.2, 0) is 4.79 Å². The molecule has 1 rings (SSSR count). The van der Waals surface area contributed by atoms with Crippen molar-refractivity contribution in [2.24, 2.45) is 11.8 Å². The molecule has 3 nitrogen and oxygen atoms in total. The third-order valence-corrected chi connectivity index (χ3v) is 3.92. The summed E-state index contributed by atoms with van der Waals surface area (Å²) in [4.78, 5) is 14.9. The molecule has 0 aliphatic carbocycles. The van der Waals surface area contributed by atoms with Gasteiger partial charge in [-0.2, -0.15) is 0 Å². The zero-order valence-corrected chi connectivity index (χ0v) is 13.8. The number of carbonyl (C=O) groups is 1. The summed E-state index contributed by atoms with van der Waals surface area (Å²) in [6, 6.07) is 0.426. The van der Waals surface area contributed by atoms with Crippen LogP contribution in [0.15, 0.2) is 0 Å². The Labute approximate surface area is 124 Å². The van der Waals surface area contributed by atoms with Crippen molar-refractivity contribution in [1.29, 1.82) is 0 Å². The average molecular weight is 291 g/mol. The molecule has 1 aliphatic heterocycles. The lowest BCUT2D eigenvalue weighted by atomic mass is 9.94. The molecule has 4 heteroatoms. The van der Waals surface area contributed by atoms with Crippen molar-refractivity contribution in [3.8, 4) is 0 Å². The zero-order valence-electron chi connectivity index (χ0n) is 12.9. The van der Waals surface area contributed by atoms with Gasteiger partial charge in [0.15, 0.2) is 0 Å². The number of halogens is 1. The molecule has 1 fully saturated rings. The standard InChI is InChI=1S/C15H30N2O.ClH/c1-5-14(6-2)17(11-12(3)4)15(18)13-7-9-16-10-8-13;/h12-14,16H,5-11H2,1-4H3;1H. The topological polar surface area (TPSA) is 32.3 Å². The van der Waals surface area contributed by atoms with Crippen LogP contribution in [0.1, 0.15) is 53.4 Å². The second kappa shape index (κ2) is 9.60. The third-order valence-electron chi connectivity index (χ3n) is 3.92. The molecule has 0 radical (unpaired) electrons. The van der Waals surface area contributed by atoms with Gasteiger partial charge < -0.3 is 10.2 Å². The van der Waals surface area contributed by atoms with E-state index in [0.717, 1.165) is 45.3 Å². The Kier molecular flexibility index (Phi) is 9.46. The van der Waals surface area contributed by atoms with Gasteiger partial charge in [-0.3, -0.25) is 4.79 Å². The zero-order chi connectivity index (χ0) is 13.5. The predicted octanol–water partition coefficient (Wildman–Crippen LogP) is 3.08. The predicted molar refractivity (Wildman–Crippen MR) is 83.8 cm³/mol. The van der Waals surface area contributed by atoms with Crippen LogP contribution in [-0.4, -0.2) is 36.5 Å². The summed E-state index contributed by atoms with van der Waals surface area (Å²) in [5.41, 5.74) is 0. The number of rotatable bonds is 6. The molecule has 1 heterocycles. The van der Waals surface area contributed by atoms with E-state index < -0.39 is 0 Å². The van der Waals surface area contributed by atoms with E-state index >= 15 is 0 Å². The first-order valence-electron chi connectivity index (χ1n) is 7.61. The summed E-state index contributed by atoms with van der Waals surface area (Å²) in [7, 11) is 0. The van der Waals surface area contributed by atoms with Gasteiger partial charge >= 0.3 is 0 Å². The number of amides is 1. The summed E-state index contributed by atoms with van der Waals surface area (Å²) < 4.78 is 0. The molecule has 1 amide bonds. The van der Waals surface area contributed by atoms with Crippen LogP contribution in [0, 0.1) is 11.8 Å². The molecule has 0 unspecified atom stereocenters. The van der Waals surface area contributed by atoms with Gasteiger partial charge in [0.25, 0.3) is 0 Å². The lowest BCUT2D eigenvalue weighted by Gasteiger charge is -2.36. The molecule has 0 aromatic carbocycles. The molecule has 1 saturated heterocycles. The molecule has 1 aliphatic rings. The van der Waals surface area contributed by atoms with Crippen LogP contribution >= 0.6 is 12.4 Å². The maximum Gasteiger partial charge on any atom is 0.226 e. The fourth-order valence-electron chi connectivity index (χ4n) is 2.85. The van der Waals surface area contributed by atoms with Gasteiger partial charge in [0.2, 0.25) is 5.91 Å². The SMILES string of the molecule is CCC(CC)N(CC(C)C)C(=O)C1CCNCC1.Cl. The van der Waals surface area contributed by atoms with Gasteiger partial charge in [-0.05, 0) is 44.7 Å². The molecule has 0 aromatic rings. The molecule has 0 atom stereocenters. The number of hydrogen-bond donors (Lipinski definition) is 1. The third kappa shape index (κ3) is 5.70. The van der Waals surface area contributed by atoms with E-state index in [2.05, 4.69) is 37.9 Å². The summed E-state index contributed by atoms with van der Waals surface area (Å²) in [5, 5.41) is 3.34. The van der Waals surface area contributed by atoms with Crippen LogP contribution in [0.3, 0.4) is 0 Å². The minimum Gasteiger partial charge on any atom is -0.339 e. The fourth-order valence-corrected chi connectivity index (χ4v) is 2.85.